The van der Waals surface area contributed by atoms with E-state index in [9.17, 15) is 18.0 Å². The quantitative estimate of drug-likeness (QED) is 0.311. The van der Waals surface area contributed by atoms with Crippen molar-refractivity contribution in [1.29, 1.82) is 0 Å². The normalized spacial score (nSPS) is 12.6. The van der Waals surface area contributed by atoms with Crippen LogP contribution in [0.4, 0.5) is 13.2 Å². The van der Waals surface area contributed by atoms with Crippen LogP contribution in [0.2, 0.25) is 0 Å². The van der Waals surface area contributed by atoms with Crippen molar-refractivity contribution in [3.05, 3.63) is 70.2 Å². The summed E-state index contributed by atoms with van der Waals surface area (Å²) in [7, 11) is 1.38. The highest BCUT2D eigenvalue weighted by molar-refractivity contribution is 9.10. The van der Waals surface area contributed by atoms with Crippen molar-refractivity contribution in [3.63, 3.8) is 0 Å². The molecule has 0 fully saturated rings. The van der Waals surface area contributed by atoms with E-state index < -0.39 is 23.7 Å². The summed E-state index contributed by atoms with van der Waals surface area (Å²) >= 11 is 3.43. The van der Waals surface area contributed by atoms with Gasteiger partial charge in [0.05, 0.1) is 12.7 Å². The van der Waals surface area contributed by atoms with E-state index in [0.29, 0.717) is 21.4 Å². The number of halogens is 4. The summed E-state index contributed by atoms with van der Waals surface area (Å²) in [5, 5.41) is 3.44. The third-order valence-electron chi connectivity index (χ3n) is 5.33. The topological polar surface area (TPSA) is 106 Å². The predicted octanol–water partition coefficient (Wildman–Crippen LogP) is 4.91. The number of ether oxygens (including phenoxy) is 1. The number of aromatic nitrogens is 2. The van der Waals surface area contributed by atoms with Crippen LogP contribution in [-0.4, -0.2) is 35.6 Å². The molecular weight excluding hydrogens is 517 g/mol. The van der Waals surface area contributed by atoms with Gasteiger partial charge in [-0.1, -0.05) is 18.2 Å². The molecule has 0 aliphatic rings. The van der Waals surface area contributed by atoms with Gasteiger partial charge in [0, 0.05) is 35.9 Å². The summed E-state index contributed by atoms with van der Waals surface area (Å²) in [6.45, 7) is -0.0801. The summed E-state index contributed by atoms with van der Waals surface area (Å²) in [6.07, 6.45) is -1.30. The molecule has 11 heteroatoms. The smallest absolute Gasteiger partial charge is 0.416 e. The van der Waals surface area contributed by atoms with Crippen molar-refractivity contribution in [2.75, 3.05) is 13.7 Å². The molecule has 0 aliphatic carbocycles. The van der Waals surface area contributed by atoms with Crippen LogP contribution in [0.5, 0.6) is 5.75 Å². The van der Waals surface area contributed by atoms with Gasteiger partial charge in [-0.15, -0.1) is 0 Å². The maximum atomic E-state index is 13.4. The molecule has 4 N–H and O–H groups in total. The van der Waals surface area contributed by atoms with Crippen molar-refractivity contribution in [2.24, 2.45) is 5.73 Å². The number of furan rings is 1. The molecule has 0 unspecified atom stereocenters. The zero-order valence-electron chi connectivity index (χ0n) is 17.9. The average Bonchev–Trinajstić information content (AvgIpc) is 3.42. The van der Waals surface area contributed by atoms with Crippen LogP contribution in [0.25, 0.3) is 22.4 Å². The molecule has 7 nitrogen and oxygen atoms in total. The number of carbonyl (C=O) groups excluding carboxylic acids is 1. The number of fused-ring (bicyclic) bond motifs is 1. The summed E-state index contributed by atoms with van der Waals surface area (Å²) in [6, 6.07) is 7.97. The number of alkyl halides is 3. The number of carbonyl (C=O) groups is 1. The number of hydrogen-bond acceptors (Lipinski definition) is 5. The number of pyridine rings is 1. The van der Waals surface area contributed by atoms with Crippen LogP contribution in [0.15, 0.2) is 57.7 Å². The van der Waals surface area contributed by atoms with Crippen molar-refractivity contribution >= 4 is 32.9 Å². The molecule has 1 atom stereocenters. The summed E-state index contributed by atoms with van der Waals surface area (Å²) in [4.78, 5) is 20.3. The fourth-order valence-corrected chi connectivity index (χ4v) is 4.38. The lowest BCUT2D eigenvalue weighted by Gasteiger charge is -2.19. The molecule has 0 spiro atoms. The minimum Gasteiger partial charge on any atom is -0.491 e. The van der Waals surface area contributed by atoms with Gasteiger partial charge in [0.2, 0.25) is 5.76 Å². The van der Waals surface area contributed by atoms with E-state index in [1.165, 1.54) is 25.3 Å². The predicted molar refractivity (Wildman–Crippen MR) is 124 cm³/mol. The number of nitrogens with one attached hydrogen (secondary N) is 2. The summed E-state index contributed by atoms with van der Waals surface area (Å²) in [5.41, 5.74) is 6.35. The largest absolute Gasteiger partial charge is 0.491 e. The number of aromatic amines is 1. The summed E-state index contributed by atoms with van der Waals surface area (Å²) < 4.78 is 51.8. The van der Waals surface area contributed by atoms with Gasteiger partial charge in [0.1, 0.15) is 10.1 Å². The molecule has 0 bridgehead atoms. The molecule has 0 saturated carbocycles. The highest BCUT2D eigenvalue weighted by Crippen LogP contribution is 2.43. The Hall–Kier alpha value is -3.31. The lowest BCUT2D eigenvalue weighted by molar-refractivity contribution is -0.138. The van der Waals surface area contributed by atoms with Gasteiger partial charge in [0.25, 0.3) is 5.91 Å². The number of nitrogens with zero attached hydrogens (tertiary/aromatic N) is 1. The van der Waals surface area contributed by atoms with Gasteiger partial charge in [-0.25, -0.2) is 4.98 Å². The zero-order chi connectivity index (χ0) is 24.5. The number of nitrogens with two attached hydrogens (primary N) is 1. The van der Waals surface area contributed by atoms with Crippen LogP contribution >= 0.6 is 15.9 Å². The minimum atomic E-state index is -4.52. The average molecular weight is 537 g/mol. The Kier molecular flexibility index (Phi) is 6.67. The number of rotatable bonds is 7. The maximum absolute atomic E-state index is 13.4. The monoisotopic (exact) mass is 536 g/mol. The van der Waals surface area contributed by atoms with Crippen LogP contribution in [0, 0.1) is 0 Å². The first-order valence-corrected chi connectivity index (χ1v) is 11.0. The Morgan fingerprint density at radius 1 is 1.29 bits per heavy atom. The van der Waals surface area contributed by atoms with E-state index in [0.717, 1.165) is 11.5 Å². The second-order valence-electron chi connectivity index (χ2n) is 7.47. The van der Waals surface area contributed by atoms with Crippen molar-refractivity contribution in [1.82, 2.24) is 15.3 Å². The van der Waals surface area contributed by atoms with Gasteiger partial charge >= 0.3 is 6.18 Å². The van der Waals surface area contributed by atoms with E-state index in [1.807, 2.05) is 6.07 Å². The Morgan fingerprint density at radius 2 is 2.06 bits per heavy atom. The Morgan fingerprint density at radius 3 is 2.76 bits per heavy atom. The maximum Gasteiger partial charge on any atom is 0.416 e. The first-order chi connectivity index (χ1) is 16.2. The minimum absolute atomic E-state index is 0.0330. The summed E-state index contributed by atoms with van der Waals surface area (Å²) in [5.74, 6) is -0.296. The molecule has 1 aromatic carbocycles. The van der Waals surface area contributed by atoms with E-state index >= 15 is 0 Å². The molecule has 0 saturated heterocycles. The second kappa shape index (κ2) is 9.51. The Labute approximate surface area is 200 Å². The molecular formula is C23H20BrF3N4O3. The Balaban J connectivity index is 1.63. The van der Waals surface area contributed by atoms with E-state index in [1.54, 1.807) is 18.5 Å². The van der Waals surface area contributed by atoms with Crippen molar-refractivity contribution in [3.8, 4) is 17.1 Å². The number of benzene rings is 1. The highest BCUT2D eigenvalue weighted by atomic mass is 79.9. The number of H-pyrrole nitrogens is 1. The van der Waals surface area contributed by atoms with Crippen molar-refractivity contribution < 1.29 is 27.1 Å². The molecule has 0 aliphatic heterocycles. The molecule has 4 rings (SSSR count). The number of amides is 1. The molecule has 178 valence electrons. The molecule has 4 aromatic rings. The first kappa shape index (κ1) is 23.8. The van der Waals surface area contributed by atoms with Crippen LogP contribution in [0.1, 0.15) is 21.7 Å². The zero-order valence-corrected chi connectivity index (χ0v) is 19.5. The molecule has 3 heterocycles. The standard InChI is InChI=1S/C23H20BrF3N4O3/c1-33-19-17(24)18(14-6-8-29-21-15(14)7-9-30-21)34-20(19)22(32)31-13(11-28)10-12-4-2-3-5-16(12)23(25,26)27/h2-9,13H,10-11,28H2,1H3,(H,29,30)(H,31,32)/t13-/m0/s1. The van der Waals surface area contributed by atoms with E-state index in [-0.39, 0.29) is 30.0 Å². The fourth-order valence-electron chi connectivity index (χ4n) is 3.74. The van der Waals surface area contributed by atoms with E-state index in [2.05, 4.69) is 31.2 Å². The Bertz CT molecular complexity index is 1330. The van der Waals surface area contributed by atoms with Crippen LogP contribution in [0.3, 0.4) is 0 Å². The number of methoxy groups -OCH3 is 1. The number of hydrogen-bond donors (Lipinski definition) is 3. The SMILES string of the molecule is COc1c(C(=O)N[C@H](CN)Cc2ccccc2C(F)(F)F)oc(-c2ccnc3[nH]ccc23)c1Br. The highest BCUT2D eigenvalue weighted by Gasteiger charge is 2.34. The lowest BCUT2D eigenvalue weighted by Crippen LogP contribution is -2.42. The first-order valence-electron chi connectivity index (χ1n) is 10.2. The fraction of sp³-hybridized carbons (Fsp3) is 0.217. The van der Waals surface area contributed by atoms with Gasteiger partial charge < -0.3 is 25.2 Å². The third kappa shape index (κ3) is 4.53. The van der Waals surface area contributed by atoms with E-state index in [4.69, 9.17) is 14.9 Å². The molecule has 1 amide bonds. The van der Waals surface area contributed by atoms with Gasteiger partial charge in [-0.2, -0.15) is 13.2 Å². The van der Waals surface area contributed by atoms with Gasteiger partial charge in [0.15, 0.2) is 11.5 Å². The molecule has 34 heavy (non-hydrogen) atoms. The third-order valence-corrected chi connectivity index (χ3v) is 6.05. The van der Waals surface area contributed by atoms with Crippen molar-refractivity contribution in [2.45, 2.75) is 18.6 Å². The lowest BCUT2D eigenvalue weighted by atomic mass is 9.99. The molecule has 3 aromatic heterocycles. The van der Waals surface area contributed by atoms with Crippen LogP contribution in [-0.2, 0) is 12.6 Å². The second-order valence-corrected chi connectivity index (χ2v) is 8.26. The molecule has 0 radical (unpaired) electrons. The van der Waals surface area contributed by atoms with Gasteiger partial charge in [-0.05, 0) is 46.1 Å². The van der Waals surface area contributed by atoms with Gasteiger partial charge in [-0.3, -0.25) is 4.79 Å². The van der Waals surface area contributed by atoms with Crippen LogP contribution < -0.4 is 15.8 Å².